The van der Waals surface area contributed by atoms with Crippen molar-refractivity contribution in [2.24, 2.45) is 11.8 Å². The average Bonchev–Trinajstić information content (AvgIpc) is 2.69. The lowest BCUT2D eigenvalue weighted by Crippen LogP contribution is -2.49. The van der Waals surface area contributed by atoms with Gasteiger partial charge in [-0.05, 0) is 11.8 Å². The summed E-state index contributed by atoms with van der Waals surface area (Å²) in [5.74, 6) is -2.30. The highest BCUT2D eigenvalue weighted by molar-refractivity contribution is 5.79. The zero-order valence-electron chi connectivity index (χ0n) is 17.4. The first-order valence-corrected chi connectivity index (χ1v) is 9.42. The van der Waals surface area contributed by atoms with Crippen molar-refractivity contribution >= 4 is 24.8 Å². The summed E-state index contributed by atoms with van der Waals surface area (Å²) >= 11 is 0. The molecular formula is C18H32N2O10. The van der Waals surface area contributed by atoms with Crippen LogP contribution in [0.4, 0.5) is 0 Å². The number of esters is 2. The smallest absolute Gasteiger partial charge is 0.328 e. The van der Waals surface area contributed by atoms with Crippen molar-refractivity contribution in [3.8, 4) is 0 Å². The normalized spacial score (nSPS) is 17.3. The van der Waals surface area contributed by atoms with Crippen LogP contribution in [-0.2, 0) is 28.7 Å². The Kier molecular flexibility index (Phi) is 12.8. The van der Waals surface area contributed by atoms with Gasteiger partial charge in [0.2, 0.25) is 12.8 Å². The highest BCUT2D eigenvalue weighted by Crippen LogP contribution is 2.10. The lowest BCUT2D eigenvalue weighted by atomic mass is 10.0. The summed E-state index contributed by atoms with van der Waals surface area (Å²) in [6.45, 7) is 5.19. The van der Waals surface area contributed by atoms with Crippen LogP contribution in [-0.4, -0.2) is 94.9 Å². The van der Waals surface area contributed by atoms with Gasteiger partial charge in [-0.1, -0.05) is 27.7 Å². The lowest BCUT2D eigenvalue weighted by Gasteiger charge is -2.27. The van der Waals surface area contributed by atoms with Gasteiger partial charge >= 0.3 is 11.9 Å². The quantitative estimate of drug-likeness (QED) is 0.114. The lowest BCUT2D eigenvalue weighted by molar-refractivity contribution is -0.165. The molecule has 0 spiro atoms. The molecule has 174 valence electrons. The van der Waals surface area contributed by atoms with E-state index in [2.05, 4.69) is 10.6 Å². The predicted molar refractivity (Wildman–Crippen MR) is 102 cm³/mol. The van der Waals surface area contributed by atoms with Crippen LogP contribution in [0.15, 0.2) is 0 Å². The molecule has 0 saturated carbocycles. The fraction of sp³-hybridized carbons (Fsp3) is 0.778. The molecule has 0 aliphatic carbocycles. The molecule has 12 heteroatoms. The maximum Gasteiger partial charge on any atom is 0.328 e. The van der Waals surface area contributed by atoms with Crippen molar-refractivity contribution in [1.82, 2.24) is 10.6 Å². The number of amides is 2. The van der Waals surface area contributed by atoms with Crippen LogP contribution in [0.2, 0.25) is 0 Å². The van der Waals surface area contributed by atoms with Gasteiger partial charge in [-0.25, -0.2) is 9.59 Å². The van der Waals surface area contributed by atoms with Crippen molar-refractivity contribution in [3.63, 3.8) is 0 Å². The van der Waals surface area contributed by atoms with Gasteiger partial charge < -0.3 is 40.5 Å². The van der Waals surface area contributed by atoms with Gasteiger partial charge in [0.05, 0.1) is 0 Å². The van der Waals surface area contributed by atoms with Crippen molar-refractivity contribution < 1.29 is 49.1 Å². The molecule has 0 unspecified atom stereocenters. The molecule has 6 atom stereocenters. The second-order valence-electron chi connectivity index (χ2n) is 7.39. The standard InChI is InChI=1S/C18H32N2O10/c1-9(2)13(19-7-21)17(27)29-5-11(23)15(25)16(26)12(24)6-30-18(28)14(10(3)4)20-8-22/h7-16,23-26H,5-6H2,1-4H3,(H,19,21)(H,20,22)/t11-,12+,13-,14-,15-,16+/m0/s1. The molecule has 6 N–H and O–H groups in total. The Morgan fingerprint density at radius 2 is 1.03 bits per heavy atom. The fourth-order valence-corrected chi connectivity index (χ4v) is 2.38. The Bertz CT molecular complexity index is 509. The van der Waals surface area contributed by atoms with Gasteiger partial charge in [0.25, 0.3) is 0 Å². The Morgan fingerprint density at radius 1 is 0.733 bits per heavy atom. The van der Waals surface area contributed by atoms with E-state index in [4.69, 9.17) is 9.47 Å². The summed E-state index contributed by atoms with van der Waals surface area (Å²) in [5.41, 5.74) is 0. The van der Waals surface area contributed by atoms with Crippen molar-refractivity contribution in [1.29, 1.82) is 0 Å². The summed E-state index contributed by atoms with van der Waals surface area (Å²) in [5, 5.41) is 44.2. The number of aliphatic hydroxyl groups excluding tert-OH is 4. The number of carbonyl (C=O) groups excluding carboxylic acids is 4. The third-order valence-electron chi connectivity index (χ3n) is 4.27. The molecular weight excluding hydrogens is 404 g/mol. The third kappa shape index (κ3) is 9.03. The van der Waals surface area contributed by atoms with Gasteiger partial charge in [0.15, 0.2) is 0 Å². The molecule has 0 saturated heterocycles. The number of hydrogen-bond acceptors (Lipinski definition) is 10. The van der Waals surface area contributed by atoms with E-state index < -0.39 is 61.7 Å². The first-order chi connectivity index (χ1) is 14.0. The molecule has 0 radical (unpaired) electrons. The molecule has 30 heavy (non-hydrogen) atoms. The monoisotopic (exact) mass is 436 g/mol. The molecule has 0 fully saturated rings. The zero-order valence-corrected chi connectivity index (χ0v) is 17.4. The maximum absolute atomic E-state index is 11.9. The van der Waals surface area contributed by atoms with E-state index in [0.29, 0.717) is 12.8 Å². The van der Waals surface area contributed by atoms with E-state index in [-0.39, 0.29) is 11.8 Å². The van der Waals surface area contributed by atoms with E-state index >= 15 is 0 Å². The molecule has 0 bridgehead atoms. The second kappa shape index (κ2) is 13.9. The summed E-state index contributed by atoms with van der Waals surface area (Å²) in [4.78, 5) is 44.9. The minimum Gasteiger partial charge on any atom is -0.461 e. The number of aliphatic hydroxyl groups is 4. The number of carbonyl (C=O) groups is 4. The SMILES string of the molecule is CC(C)[C@H](NC=O)C(=O)OC[C@@H](O)[C@@H](O)[C@@H](O)[C@@H](O)COC(=O)[C@@H](NC=O)C(C)C. The highest BCUT2D eigenvalue weighted by Gasteiger charge is 2.33. The molecule has 12 nitrogen and oxygen atoms in total. The Hall–Kier alpha value is -2.28. The van der Waals surface area contributed by atoms with Crippen LogP contribution >= 0.6 is 0 Å². The second-order valence-corrected chi connectivity index (χ2v) is 7.39. The summed E-state index contributed by atoms with van der Waals surface area (Å²) in [7, 11) is 0. The largest absolute Gasteiger partial charge is 0.461 e. The van der Waals surface area contributed by atoms with Gasteiger partial charge in [-0.15, -0.1) is 0 Å². The Balaban J connectivity index is 4.66. The molecule has 0 aromatic carbocycles. The first-order valence-electron chi connectivity index (χ1n) is 9.42. The maximum atomic E-state index is 11.9. The number of nitrogens with one attached hydrogen (secondary N) is 2. The van der Waals surface area contributed by atoms with E-state index in [1.165, 1.54) is 0 Å². The van der Waals surface area contributed by atoms with Gasteiger partial charge in [-0.2, -0.15) is 0 Å². The molecule has 0 aliphatic heterocycles. The van der Waals surface area contributed by atoms with Crippen LogP contribution in [0.1, 0.15) is 27.7 Å². The Labute approximate surface area is 174 Å². The number of ether oxygens (including phenoxy) is 2. The van der Waals surface area contributed by atoms with Crippen LogP contribution in [0.3, 0.4) is 0 Å². The molecule has 2 amide bonds. The number of hydrogen-bond donors (Lipinski definition) is 6. The van der Waals surface area contributed by atoms with E-state index in [9.17, 15) is 39.6 Å². The highest BCUT2D eigenvalue weighted by atomic mass is 16.6. The summed E-state index contributed by atoms with van der Waals surface area (Å²) in [6, 6.07) is -1.92. The zero-order chi connectivity index (χ0) is 23.4. The van der Waals surface area contributed by atoms with Crippen LogP contribution in [0.5, 0.6) is 0 Å². The topological polar surface area (TPSA) is 192 Å². The van der Waals surface area contributed by atoms with Crippen molar-refractivity contribution in [3.05, 3.63) is 0 Å². The predicted octanol–water partition coefficient (Wildman–Crippen LogP) is -2.94. The van der Waals surface area contributed by atoms with Crippen molar-refractivity contribution in [2.75, 3.05) is 13.2 Å². The molecule has 0 aromatic heterocycles. The summed E-state index contributed by atoms with van der Waals surface area (Å²) < 4.78 is 9.65. The van der Waals surface area contributed by atoms with Gasteiger partial charge in [-0.3, -0.25) is 9.59 Å². The molecule has 0 aromatic rings. The molecule has 0 rings (SSSR count). The fourth-order valence-electron chi connectivity index (χ4n) is 2.38. The van der Waals surface area contributed by atoms with Crippen LogP contribution in [0.25, 0.3) is 0 Å². The first kappa shape index (κ1) is 27.7. The van der Waals surface area contributed by atoms with Gasteiger partial charge in [0.1, 0.15) is 49.7 Å². The molecule has 0 aliphatic rings. The third-order valence-corrected chi connectivity index (χ3v) is 4.27. The van der Waals surface area contributed by atoms with Crippen molar-refractivity contribution in [2.45, 2.75) is 64.2 Å². The number of rotatable bonds is 15. The summed E-state index contributed by atoms with van der Waals surface area (Å²) in [6.07, 6.45) is -6.74. The Morgan fingerprint density at radius 3 is 1.27 bits per heavy atom. The van der Waals surface area contributed by atoms with Crippen LogP contribution in [0, 0.1) is 11.8 Å². The van der Waals surface area contributed by atoms with E-state index in [0.717, 1.165) is 0 Å². The van der Waals surface area contributed by atoms with E-state index in [1.54, 1.807) is 27.7 Å². The molecule has 0 heterocycles. The minimum absolute atomic E-state index is 0.296. The van der Waals surface area contributed by atoms with Crippen LogP contribution < -0.4 is 10.6 Å². The van der Waals surface area contributed by atoms with E-state index in [1.807, 2.05) is 0 Å². The average molecular weight is 436 g/mol. The minimum atomic E-state index is -1.93. The van der Waals surface area contributed by atoms with Gasteiger partial charge in [0, 0.05) is 0 Å².